The molecule has 76 valence electrons. The molecular formula is C8H5ClFNaO4. The largest absolute Gasteiger partial charge is 1.00 e. The maximum Gasteiger partial charge on any atom is 1.00 e. The average molecular weight is 243 g/mol. The first kappa shape index (κ1) is 14.7. The summed E-state index contributed by atoms with van der Waals surface area (Å²) in [5, 5.41) is 27.8. The molecule has 0 aliphatic carbocycles. The summed E-state index contributed by atoms with van der Waals surface area (Å²) in [6.45, 7) is 0. The quantitative estimate of drug-likeness (QED) is 0.541. The van der Waals surface area contributed by atoms with Crippen molar-refractivity contribution in [1.29, 1.82) is 0 Å². The number of carboxylic acid groups (broad SMARTS) is 1. The van der Waals surface area contributed by atoms with Crippen molar-refractivity contribution in [3.8, 4) is 5.75 Å². The summed E-state index contributed by atoms with van der Waals surface area (Å²) in [4.78, 5) is 10.2. The second-order valence-electron chi connectivity index (χ2n) is 2.55. The van der Waals surface area contributed by atoms with Gasteiger partial charge in [-0.25, -0.2) is 4.39 Å². The first-order chi connectivity index (χ1) is 6.43. The molecule has 1 aromatic carbocycles. The van der Waals surface area contributed by atoms with Crippen molar-refractivity contribution >= 4 is 17.6 Å². The second-order valence-corrected chi connectivity index (χ2v) is 2.95. The molecule has 0 amide bonds. The van der Waals surface area contributed by atoms with Crippen LogP contribution in [0.5, 0.6) is 5.75 Å². The minimum atomic E-state index is -2.10. The van der Waals surface area contributed by atoms with Crippen molar-refractivity contribution in [1.82, 2.24) is 0 Å². The Morgan fingerprint density at radius 2 is 2.07 bits per heavy atom. The Hall–Kier alpha value is -0.330. The molecule has 1 rings (SSSR count). The molecule has 7 heteroatoms. The summed E-state index contributed by atoms with van der Waals surface area (Å²) < 4.78 is 13.0. The molecule has 0 fully saturated rings. The Morgan fingerprint density at radius 3 is 2.53 bits per heavy atom. The molecule has 1 aromatic rings. The maximum absolute atomic E-state index is 13.0. The van der Waals surface area contributed by atoms with Crippen molar-refractivity contribution in [2.75, 3.05) is 0 Å². The number of aliphatic hydroxyl groups excluding tert-OH is 1. The first-order valence-corrected chi connectivity index (χ1v) is 3.88. The first-order valence-electron chi connectivity index (χ1n) is 3.50. The number of carbonyl (C=O) groups is 1. The summed E-state index contributed by atoms with van der Waals surface area (Å²) in [5.74, 6) is -3.44. The summed E-state index contributed by atoms with van der Waals surface area (Å²) in [6.07, 6.45) is -2.10. The van der Waals surface area contributed by atoms with E-state index in [-0.39, 0.29) is 34.6 Å². The maximum atomic E-state index is 13.0. The van der Waals surface area contributed by atoms with Crippen molar-refractivity contribution in [2.45, 2.75) is 6.10 Å². The fraction of sp³-hybridized carbons (Fsp3) is 0.125. The van der Waals surface area contributed by atoms with Gasteiger partial charge in [-0.2, -0.15) is 0 Å². The Kier molecular flexibility index (Phi) is 5.55. The van der Waals surface area contributed by atoms with Crippen LogP contribution in [-0.2, 0) is 4.79 Å². The van der Waals surface area contributed by atoms with Gasteiger partial charge in [0.25, 0.3) is 0 Å². The van der Waals surface area contributed by atoms with E-state index in [2.05, 4.69) is 0 Å². The summed E-state index contributed by atoms with van der Waals surface area (Å²) in [5.41, 5.74) is -0.548. The van der Waals surface area contributed by atoms with E-state index in [0.717, 1.165) is 6.07 Å². The van der Waals surface area contributed by atoms with Gasteiger partial charge in [-0.3, -0.25) is 0 Å². The number of benzene rings is 1. The van der Waals surface area contributed by atoms with Crippen molar-refractivity contribution in [2.24, 2.45) is 0 Å². The predicted molar refractivity (Wildman–Crippen MR) is 43.0 cm³/mol. The molecule has 1 atom stereocenters. The van der Waals surface area contributed by atoms with Crippen molar-refractivity contribution in [3.63, 3.8) is 0 Å². The predicted octanol–water partition coefficient (Wildman–Crippen LogP) is -3.03. The molecular weight excluding hydrogens is 238 g/mol. The summed E-state index contributed by atoms with van der Waals surface area (Å²) >= 11 is 5.39. The van der Waals surface area contributed by atoms with Crippen LogP contribution in [0.2, 0.25) is 5.02 Å². The van der Waals surface area contributed by atoms with Gasteiger partial charge in [0.1, 0.15) is 17.7 Å². The number of rotatable bonds is 2. The van der Waals surface area contributed by atoms with Crippen LogP contribution in [0.15, 0.2) is 12.1 Å². The third-order valence-electron chi connectivity index (χ3n) is 1.58. The number of aromatic hydroxyl groups is 1. The van der Waals surface area contributed by atoms with Crippen LogP contribution in [0.25, 0.3) is 0 Å². The summed E-state index contributed by atoms with van der Waals surface area (Å²) in [6, 6.07) is 1.44. The molecule has 15 heavy (non-hydrogen) atoms. The minimum absolute atomic E-state index is 0. The average Bonchev–Trinajstić information content (AvgIpc) is 2.10. The van der Waals surface area contributed by atoms with Gasteiger partial charge in [-0.15, -0.1) is 0 Å². The van der Waals surface area contributed by atoms with Gasteiger partial charge < -0.3 is 20.1 Å². The number of aliphatic carboxylic acids is 1. The number of carboxylic acids is 1. The van der Waals surface area contributed by atoms with Crippen LogP contribution in [0.4, 0.5) is 4.39 Å². The number of halogens is 2. The van der Waals surface area contributed by atoms with Crippen molar-refractivity contribution in [3.05, 3.63) is 28.5 Å². The number of phenols is 1. The number of hydrogen-bond acceptors (Lipinski definition) is 4. The number of phenolic OH excluding ortho intramolecular Hbond substituents is 1. The van der Waals surface area contributed by atoms with E-state index in [4.69, 9.17) is 21.8 Å². The Morgan fingerprint density at radius 1 is 1.53 bits per heavy atom. The van der Waals surface area contributed by atoms with E-state index >= 15 is 0 Å². The third kappa shape index (κ3) is 3.32. The molecule has 0 bridgehead atoms. The molecule has 1 unspecified atom stereocenters. The zero-order valence-electron chi connectivity index (χ0n) is 7.70. The van der Waals surface area contributed by atoms with Gasteiger partial charge in [0.05, 0.1) is 11.0 Å². The molecule has 0 aliphatic heterocycles. The van der Waals surface area contributed by atoms with Gasteiger partial charge in [0.2, 0.25) is 0 Å². The molecule has 0 aromatic heterocycles. The van der Waals surface area contributed by atoms with E-state index in [0.29, 0.717) is 6.07 Å². The van der Waals surface area contributed by atoms with Gasteiger partial charge in [-0.05, 0) is 6.07 Å². The van der Waals surface area contributed by atoms with Gasteiger partial charge >= 0.3 is 29.6 Å². The Balaban J connectivity index is 0.00000196. The van der Waals surface area contributed by atoms with Crippen molar-refractivity contribution < 1.29 is 54.1 Å². The monoisotopic (exact) mass is 242 g/mol. The van der Waals surface area contributed by atoms with Crippen LogP contribution in [-0.4, -0.2) is 16.2 Å². The van der Waals surface area contributed by atoms with E-state index in [1.54, 1.807) is 0 Å². The van der Waals surface area contributed by atoms with Gasteiger partial charge in [0.15, 0.2) is 0 Å². The zero-order chi connectivity index (χ0) is 10.9. The molecule has 0 heterocycles. The second kappa shape index (κ2) is 5.67. The van der Waals surface area contributed by atoms with Crippen LogP contribution in [0, 0.1) is 5.82 Å². The van der Waals surface area contributed by atoms with Gasteiger partial charge in [-0.1, -0.05) is 11.6 Å². The van der Waals surface area contributed by atoms with E-state index < -0.39 is 29.2 Å². The van der Waals surface area contributed by atoms with Gasteiger partial charge in [0, 0.05) is 11.6 Å². The fourth-order valence-corrected chi connectivity index (χ4v) is 1.06. The standard InChI is InChI=1S/C8H6ClFO4.Na/c9-4-1-3(7(12)8(13)14)5(10)2-6(4)11;/h1-2,7,11-12H,(H,13,14);/q;+1/p-1. The molecule has 0 saturated heterocycles. The van der Waals surface area contributed by atoms with Crippen LogP contribution < -0.4 is 34.7 Å². The number of hydrogen-bond donors (Lipinski definition) is 2. The van der Waals surface area contributed by atoms with E-state index in [1.807, 2.05) is 0 Å². The topological polar surface area (TPSA) is 80.6 Å². The Labute approximate surface area is 112 Å². The molecule has 0 saturated carbocycles. The fourth-order valence-electron chi connectivity index (χ4n) is 0.888. The smallest absolute Gasteiger partial charge is 0.547 e. The molecule has 0 aliphatic rings. The van der Waals surface area contributed by atoms with Crippen LogP contribution in [0.3, 0.4) is 0 Å². The van der Waals surface area contributed by atoms with E-state index in [9.17, 15) is 14.3 Å². The van der Waals surface area contributed by atoms with Crippen LogP contribution in [0.1, 0.15) is 11.7 Å². The number of aliphatic hydroxyl groups is 1. The Bertz CT molecular complexity index is 385. The molecule has 4 nitrogen and oxygen atoms in total. The SMILES string of the molecule is O=C([O-])C(O)c1cc(Cl)c(O)cc1F.[Na+]. The van der Waals surface area contributed by atoms with E-state index in [1.165, 1.54) is 0 Å². The molecule has 2 N–H and O–H groups in total. The third-order valence-corrected chi connectivity index (χ3v) is 1.89. The molecule has 0 radical (unpaired) electrons. The zero-order valence-corrected chi connectivity index (χ0v) is 10.5. The molecule has 0 spiro atoms. The normalized spacial score (nSPS) is 11.7. The minimum Gasteiger partial charge on any atom is -0.547 e. The van der Waals surface area contributed by atoms with Crippen LogP contribution >= 0.6 is 11.6 Å². The summed E-state index contributed by atoms with van der Waals surface area (Å²) in [7, 11) is 0. The number of carbonyl (C=O) groups excluding carboxylic acids is 1.